The predicted molar refractivity (Wildman–Crippen MR) is 137 cm³/mol. The molecule has 0 aliphatic heterocycles. The molecule has 4 rings (SSSR count). The molecular formula is C27H27N3O5S. The van der Waals surface area contributed by atoms with Gasteiger partial charge in [-0.2, -0.15) is 0 Å². The molecule has 0 bridgehead atoms. The van der Waals surface area contributed by atoms with Crippen LogP contribution in [0.2, 0.25) is 0 Å². The van der Waals surface area contributed by atoms with E-state index in [2.05, 4.69) is 10.5 Å². The molecule has 0 aliphatic carbocycles. The highest BCUT2D eigenvalue weighted by atomic mass is 32.2. The molecule has 0 unspecified atom stereocenters. The molecule has 2 aromatic heterocycles. The molecule has 2 heterocycles. The van der Waals surface area contributed by atoms with Crippen LogP contribution >= 0.6 is 0 Å². The van der Waals surface area contributed by atoms with E-state index in [1.165, 1.54) is 16.7 Å². The fraction of sp³-hybridized carbons (Fsp3) is 0.222. The van der Waals surface area contributed by atoms with Gasteiger partial charge in [0.2, 0.25) is 0 Å². The van der Waals surface area contributed by atoms with Crippen LogP contribution in [0.1, 0.15) is 38.6 Å². The molecule has 1 amide bonds. The van der Waals surface area contributed by atoms with Crippen molar-refractivity contribution in [2.24, 2.45) is 0 Å². The summed E-state index contributed by atoms with van der Waals surface area (Å²) in [5.41, 5.74) is 4.59. The van der Waals surface area contributed by atoms with Crippen LogP contribution in [0.5, 0.6) is 0 Å². The Hall–Kier alpha value is -3.98. The summed E-state index contributed by atoms with van der Waals surface area (Å²) >= 11 is 0. The summed E-state index contributed by atoms with van der Waals surface area (Å²) < 4.78 is 30.3. The van der Waals surface area contributed by atoms with Gasteiger partial charge in [-0.3, -0.25) is 14.2 Å². The van der Waals surface area contributed by atoms with Crippen molar-refractivity contribution in [3.8, 4) is 16.8 Å². The second kappa shape index (κ2) is 9.58. The van der Waals surface area contributed by atoms with Gasteiger partial charge < -0.3 is 9.84 Å². The maximum absolute atomic E-state index is 13.6. The SMILES string of the molecule is Cc1cccc(-n2c(C)c(-c3c(C)noc3C)cc(C(=O)NCc3ccc(S(C)(=O)=O)cc3)c2=O)c1. The summed E-state index contributed by atoms with van der Waals surface area (Å²) in [6, 6.07) is 15.3. The number of sulfone groups is 1. The molecule has 0 aliphatic rings. The molecule has 0 atom stereocenters. The first-order valence-corrected chi connectivity index (χ1v) is 13.2. The van der Waals surface area contributed by atoms with E-state index in [1.807, 2.05) is 45.0 Å². The predicted octanol–water partition coefficient (Wildman–Crippen LogP) is 4.06. The quantitative estimate of drug-likeness (QED) is 0.423. The van der Waals surface area contributed by atoms with Crippen molar-refractivity contribution in [3.05, 3.63) is 98.8 Å². The maximum atomic E-state index is 13.6. The summed E-state index contributed by atoms with van der Waals surface area (Å²) in [5, 5.41) is 6.83. The molecule has 1 N–H and O–H groups in total. The van der Waals surface area contributed by atoms with Crippen LogP contribution in [0.25, 0.3) is 16.8 Å². The number of nitrogens with one attached hydrogen (secondary N) is 1. The molecule has 2 aromatic carbocycles. The topological polar surface area (TPSA) is 111 Å². The van der Waals surface area contributed by atoms with Gasteiger partial charge >= 0.3 is 0 Å². The summed E-state index contributed by atoms with van der Waals surface area (Å²) in [4.78, 5) is 27.1. The Morgan fingerprint density at radius 1 is 1.03 bits per heavy atom. The highest BCUT2D eigenvalue weighted by Crippen LogP contribution is 2.30. The first kappa shape index (κ1) is 25.1. The summed E-state index contributed by atoms with van der Waals surface area (Å²) in [6.45, 7) is 7.49. The average molecular weight is 506 g/mol. The monoisotopic (exact) mass is 505 g/mol. The molecule has 0 saturated carbocycles. The van der Waals surface area contributed by atoms with Gasteiger partial charge in [-0.1, -0.05) is 29.4 Å². The molecule has 9 heteroatoms. The second-order valence-electron chi connectivity index (χ2n) is 8.83. The van der Waals surface area contributed by atoms with Gasteiger partial charge in [0.25, 0.3) is 11.5 Å². The lowest BCUT2D eigenvalue weighted by Gasteiger charge is -2.17. The van der Waals surface area contributed by atoms with Crippen LogP contribution in [-0.2, 0) is 16.4 Å². The average Bonchev–Trinajstić information content (AvgIpc) is 3.15. The minimum Gasteiger partial charge on any atom is -0.361 e. The first-order chi connectivity index (χ1) is 17.0. The Morgan fingerprint density at radius 3 is 2.31 bits per heavy atom. The van der Waals surface area contributed by atoms with Crippen LogP contribution < -0.4 is 10.9 Å². The number of benzene rings is 2. The summed E-state index contributed by atoms with van der Waals surface area (Å²) in [6.07, 6.45) is 1.14. The fourth-order valence-electron chi connectivity index (χ4n) is 4.20. The van der Waals surface area contributed by atoms with E-state index in [0.29, 0.717) is 34.0 Å². The highest BCUT2D eigenvalue weighted by molar-refractivity contribution is 7.90. The lowest BCUT2D eigenvalue weighted by atomic mass is 9.99. The molecule has 0 fully saturated rings. The zero-order valence-electron chi connectivity index (χ0n) is 20.7. The van der Waals surface area contributed by atoms with Gasteiger partial charge in [-0.05, 0) is 69.2 Å². The zero-order valence-corrected chi connectivity index (χ0v) is 21.6. The minimum absolute atomic E-state index is 0.0233. The number of hydrogen-bond donors (Lipinski definition) is 1. The Labute approximate surface area is 209 Å². The van der Waals surface area contributed by atoms with Crippen molar-refractivity contribution >= 4 is 15.7 Å². The molecule has 0 spiro atoms. The van der Waals surface area contributed by atoms with E-state index in [-0.39, 0.29) is 17.0 Å². The smallest absolute Gasteiger partial charge is 0.268 e. The van der Waals surface area contributed by atoms with Gasteiger partial charge in [0.15, 0.2) is 9.84 Å². The number of rotatable bonds is 6. The lowest BCUT2D eigenvalue weighted by Crippen LogP contribution is -2.33. The molecule has 36 heavy (non-hydrogen) atoms. The second-order valence-corrected chi connectivity index (χ2v) is 10.9. The van der Waals surface area contributed by atoms with Crippen LogP contribution in [0, 0.1) is 27.7 Å². The fourth-order valence-corrected chi connectivity index (χ4v) is 4.83. The maximum Gasteiger partial charge on any atom is 0.268 e. The minimum atomic E-state index is -3.32. The molecule has 0 saturated heterocycles. The van der Waals surface area contributed by atoms with E-state index in [4.69, 9.17) is 4.52 Å². The lowest BCUT2D eigenvalue weighted by molar-refractivity contribution is 0.0949. The normalized spacial score (nSPS) is 11.5. The van der Waals surface area contributed by atoms with Crippen molar-refractivity contribution < 1.29 is 17.7 Å². The van der Waals surface area contributed by atoms with Crippen LogP contribution in [0.3, 0.4) is 0 Å². The molecule has 0 radical (unpaired) electrons. The number of carbonyl (C=O) groups is 1. The van der Waals surface area contributed by atoms with Crippen molar-refractivity contribution in [2.75, 3.05) is 6.26 Å². The Bertz CT molecular complexity index is 1610. The van der Waals surface area contributed by atoms with E-state index in [0.717, 1.165) is 17.4 Å². The number of nitrogens with zero attached hydrogens (tertiary/aromatic N) is 2. The van der Waals surface area contributed by atoms with Crippen molar-refractivity contribution in [1.82, 2.24) is 15.0 Å². The number of hydrogen-bond acceptors (Lipinski definition) is 6. The Kier molecular flexibility index (Phi) is 6.69. The third-order valence-corrected chi connectivity index (χ3v) is 7.19. The largest absolute Gasteiger partial charge is 0.361 e. The van der Waals surface area contributed by atoms with Gasteiger partial charge in [0.05, 0.1) is 10.6 Å². The molecule has 4 aromatic rings. The Morgan fingerprint density at radius 2 is 1.72 bits per heavy atom. The standard InChI is InChI=1S/C27H27N3O5S/c1-16-7-6-8-21(13-16)30-18(3)23(25-17(2)29-35-19(25)4)14-24(27(30)32)26(31)28-15-20-9-11-22(12-10-20)36(5,33)34/h6-14H,15H2,1-5H3,(H,28,31). The number of pyridine rings is 1. The number of amides is 1. The number of aryl methyl sites for hydroxylation is 3. The van der Waals surface area contributed by atoms with Crippen molar-refractivity contribution in [2.45, 2.75) is 39.1 Å². The molecular weight excluding hydrogens is 478 g/mol. The third-order valence-electron chi connectivity index (χ3n) is 6.06. The van der Waals surface area contributed by atoms with Gasteiger partial charge in [-0.15, -0.1) is 0 Å². The molecule has 186 valence electrons. The van der Waals surface area contributed by atoms with Crippen LogP contribution in [0.4, 0.5) is 0 Å². The van der Waals surface area contributed by atoms with Gasteiger partial charge in [0.1, 0.15) is 11.3 Å². The summed E-state index contributed by atoms with van der Waals surface area (Å²) in [5.74, 6) is 0.0453. The van der Waals surface area contributed by atoms with E-state index >= 15 is 0 Å². The summed E-state index contributed by atoms with van der Waals surface area (Å²) in [7, 11) is -3.32. The molecule has 8 nitrogen and oxygen atoms in total. The number of carbonyl (C=O) groups excluding carboxylic acids is 1. The van der Waals surface area contributed by atoms with E-state index in [9.17, 15) is 18.0 Å². The Balaban J connectivity index is 1.78. The number of aromatic nitrogens is 2. The zero-order chi connectivity index (χ0) is 26.2. The van der Waals surface area contributed by atoms with Gasteiger partial charge in [0, 0.05) is 35.3 Å². The van der Waals surface area contributed by atoms with Crippen molar-refractivity contribution in [3.63, 3.8) is 0 Å². The highest BCUT2D eigenvalue weighted by Gasteiger charge is 2.23. The van der Waals surface area contributed by atoms with Gasteiger partial charge in [-0.25, -0.2) is 8.42 Å². The van der Waals surface area contributed by atoms with E-state index in [1.54, 1.807) is 25.1 Å². The third kappa shape index (κ3) is 4.87. The van der Waals surface area contributed by atoms with Crippen LogP contribution in [0.15, 0.2) is 68.8 Å². The van der Waals surface area contributed by atoms with E-state index < -0.39 is 21.3 Å². The first-order valence-electron chi connectivity index (χ1n) is 11.3. The van der Waals surface area contributed by atoms with Crippen molar-refractivity contribution in [1.29, 1.82) is 0 Å². The van der Waals surface area contributed by atoms with Crippen LogP contribution in [-0.4, -0.2) is 30.3 Å².